The zero-order valence-corrected chi connectivity index (χ0v) is 19.4. The molecule has 0 saturated heterocycles. The summed E-state index contributed by atoms with van der Waals surface area (Å²) in [7, 11) is 0. The fraction of sp³-hybridized carbons (Fsp3) is 0.312. The molecule has 4 aromatic rings. The van der Waals surface area contributed by atoms with Crippen LogP contribution < -0.4 is 0 Å². The Bertz CT molecular complexity index is 1240. The third kappa shape index (κ3) is 4.82. The standard InChI is InChI=1S/C32H32/c1-3-5-7-9-11-19-29-27-21-15-16-22-28(27)30(20-12-10-8-6-4-2)32-24-26-18-14-13-17-25(26)23-31(29)32/h13-18,21-24H,3-8,19-20H2,1-2H3. The molecule has 0 nitrogen and oxygen atoms in total. The van der Waals surface area contributed by atoms with Crippen LogP contribution in [-0.4, -0.2) is 0 Å². The third-order valence-corrected chi connectivity index (χ3v) is 6.20. The van der Waals surface area contributed by atoms with Gasteiger partial charge >= 0.3 is 0 Å². The Morgan fingerprint density at radius 3 is 1.41 bits per heavy atom. The second kappa shape index (κ2) is 10.9. The smallest absolute Gasteiger partial charge is 0.0352 e. The molecule has 0 radical (unpaired) electrons. The molecule has 0 aromatic heterocycles. The fourth-order valence-corrected chi connectivity index (χ4v) is 4.43. The van der Waals surface area contributed by atoms with E-state index in [0.29, 0.717) is 0 Å². The zero-order chi connectivity index (χ0) is 22.2. The first-order valence-corrected chi connectivity index (χ1v) is 12.1. The van der Waals surface area contributed by atoms with Gasteiger partial charge in [0, 0.05) is 25.7 Å². The van der Waals surface area contributed by atoms with E-state index in [1.807, 2.05) is 0 Å². The molecule has 0 aliphatic carbocycles. The fourth-order valence-electron chi connectivity index (χ4n) is 4.43. The van der Waals surface area contributed by atoms with Crippen molar-refractivity contribution in [2.45, 2.75) is 65.2 Å². The number of benzene rings is 4. The van der Waals surface area contributed by atoms with E-state index in [1.165, 1.54) is 69.1 Å². The highest BCUT2D eigenvalue weighted by Crippen LogP contribution is 2.36. The van der Waals surface area contributed by atoms with Gasteiger partial charge in [-0.25, -0.2) is 0 Å². The van der Waals surface area contributed by atoms with Gasteiger partial charge in [0.25, 0.3) is 0 Å². The van der Waals surface area contributed by atoms with Crippen molar-refractivity contribution >= 4 is 32.3 Å². The highest BCUT2D eigenvalue weighted by molar-refractivity contribution is 6.10. The van der Waals surface area contributed by atoms with E-state index in [1.54, 1.807) is 0 Å². The van der Waals surface area contributed by atoms with Crippen LogP contribution in [-0.2, 0) is 12.8 Å². The molecule has 160 valence electrons. The Morgan fingerprint density at radius 2 is 0.969 bits per heavy atom. The molecule has 4 rings (SSSR count). The topological polar surface area (TPSA) is 0 Å². The molecule has 0 aliphatic heterocycles. The molecule has 0 fully saturated rings. The van der Waals surface area contributed by atoms with Crippen molar-refractivity contribution < 1.29 is 0 Å². The number of hydrogen-bond donors (Lipinski definition) is 0. The van der Waals surface area contributed by atoms with E-state index < -0.39 is 0 Å². The average Bonchev–Trinajstić information content (AvgIpc) is 2.83. The van der Waals surface area contributed by atoms with E-state index in [2.05, 4.69) is 98.2 Å². The van der Waals surface area contributed by atoms with E-state index in [4.69, 9.17) is 0 Å². The highest BCUT2D eigenvalue weighted by atomic mass is 14.2. The molecule has 0 saturated carbocycles. The summed E-state index contributed by atoms with van der Waals surface area (Å²) in [5.74, 6) is 13.7. The van der Waals surface area contributed by atoms with Gasteiger partial charge in [0.15, 0.2) is 0 Å². The number of fused-ring (bicyclic) bond motifs is 3. The molecule has 32 heavy (non-hydrogen) atoms. The minimum atomic E-state index is 0.793. The van der Waals surface area contributed by atoms with Crippen LogP contribution in [0.2, 0.25) is 0 Å². The van der Waals surface area contributed by atoms with Crippen LogP contribution in [0.15, 0.2) is 60.7 Å². The van der Waals surface area contributed by atoms with Crippen LogP contribution in [0.3, 0.4) is 0 Å². The van der Waals surface area contributed by atoms with Crippen LogP contribution in [0.5, 0.6) is 0 Å². The average molecular weight is 417 g/mol. The molecule has 0 heteroatoms. The number of hydrogen-bond acceptors (Lipinski definition) is 0. The van der Waals surface area contributed by atoms with Gasteiger partial charge in [0.2, 0.25) is 0 Å². The Hall–Kier alpha value is -3.22. The molecular formula is C32H32. The van der Waals surface area contributed by atoms with Gasteiger partial charge in [-0.05, 0) is 68.4 Å². The minimum Gasteiger partial charge on any atom is -0.103 e. The predicted octanol–water partition coefficient (Wildman–Crippen LogP) is 8.62. The van der Waals surface area contributed by atoms with Gasteiger partial charge < -0.3 is 0 Å². The van der Waals surface area contributed by atoms with Gasteiger partial charge in [-0.15, -0.1) is 11.8 Å². The van der Waals surface area contributed by atoms with Crippen molar-refractivity contribution in [3.8, 4) is 23.7 Å². The van der Waals surface area contributed by atoms with Gasteiger partial charge in [0.05, 0.1) is 0 Å². The van der Waals surface area contributed by atoms with E-state index in [0.717, 1.165) is 25.7 Å². The summed E-state index contributed by atoms with van der Waals surface area (Å²) >= 11 is 0. The number of unbranched alkanes of at least 4 members (excludes halogenated alkanes) is 4. The van der Waals surface area contributed by atoms with Crippen molar-refractivity contribution in [1.82, 2.24) is 0 Å². The lowest BCUT2D eigenvalue weighted by Crippen LogP contribution is -1.96. The summed E-state index contributed by atoms with van der Waals surface area (Å²) in [4.78, 5) is 0. The van der Waals surface area contributed by atoms with Gasteiger partial charge in [-0.1, -0.05) is 87.1 Å². The summed E-state index contributed by atoms with van der Waals surface area (Å²) in [6, 6.07) is 22.2. The lowest BCUT2D eigenvalue weighted by molar-refractivity contribution is 0.827. The summed E-state index contributed by atoms with van der Waals surface area (Å²) in [6.45, 7) is 4.44. The molecule has 0 unspecified atom stereocenters. The SMILES string of the molecule is CCCCC#CCc1c2ccccc2c(CC#CCCCC)c2cc3ccccc3cc12. The van der Waals surface area contributed by atoms with E-state index >= 15 is 0 Å². The Balaban J connectivity index is 1.92. The van der Waals surface area contributed by atoms with Crippen molar-refractivity contribution in [3.63, 3.8) is 0 Å². The molecule has 4 aromatic carbocycles. The van der Waals surface area contributed by atoms with Gasteiger partial charge in [-0.2, -0.15) is 0 Å². The van der Waals surface area contributed by atoms with Crippen molar-refractivity contribution in [2.24, 2.45) is 0 Å². The monoisotopic (exact) mass is 416 g/mol. The maximum atomic E-state index is 3.48. The first kappa shape index (κ1) is 22.0. The van der Waals surface area contributed by atoms with Crippen molar-refractivity contribution in [1.29, 1.82) is 0 Å². The Morgan fingerprint density at radius 1 is 0.531 bits per heavy atom. The first-order chi connectivity index (χ1) is 15.8. The van der Waals surface area contributed by atoms with E-state index in [9.17, 15) is 0 Å². The van der Waals surface area contributed by atoms with Crippen LogP contribution >= 0.6 is 0 Å². The lowest BCUT2D eigenvalue weighted by atomic mass is 9.88. The van der Waals surface area contributed by atoms with Crippen molar-refractivity contribution in [2.75, 3.05) is 0 Å². The summed E-state index contributed by atoms with van der Waals surface area (Å²) < 4.78 is 0. The Kier molecular flexibility index (Phi) is 7.48. The zero-order valence-electron chi connectivity index (χ0n) is 19.4. The highest BCUT2D eigenvalue weighted by Gasteiger charge is 2.13. The molecule has 0 bridgehead atoms. The quantitative estimate of drug-likeness (QED) is 0.168. The van der Waals surface area contributed by atoms with Crippen LogP contribution in [0.4, 0.5) is 0 Å². The van der Waals surface area contributed by atoms with E-state index in [-0.39, 0.29) is 0 Å². The molecular weight excluding hydrogens is 384 g/mol. The predicted molar refractivity (Wildman–Crippen MR) is 141 cm³/mol. The maximum Gasteiger partial charge on any atom is 0.0352 e. The summed E-state index contributed by atoms with van der Waals surface area (Å²) in [5, 5.41) is 7.89. The molecule has 0 spiro atoms. The van der Waals surface area contributed by atoms with Gasteiger partial charge in [-0.3, -0.25) is 0 Å². The minimum absolute atomic E-state index is 0.793. The maximum absolute atomic E-state index is 3.48. The first-order valence-electron chi connectivity index (χ1n) is 12.1. The summed E-state index contributed by atoms with van der Waals surface area (Å²) in [5.41, 5.74) is 2.71. The molecule has 0 amide bonds. The lowest BCUT2D eigenvalue weighted by Gasteiger charge is -2.16. The second-order valence-electron chi connectivity index (χ2n) is 8.52. The normalized spacial score (nSPS) is 10.7. The Labute approximate surface area is 193 Å². The largest absolute Gasteiger partial charge is 0.103 e. The van der Waals surface area contributed by atoms with Crippen molar-refractivity contribution in [3.05, 3.63) is 71.8 Å². The number of rotatable bonds is 6. The second-order valence-corrected chi connectivity index (χ2v) is 8.52. The third-order valence-electron chi connectivity index (χ3n) is 6.20. The van der Waals surface area contributed by atoms with Crippen LogP contribution in [0.1, 0.15) is 63.5 Å². The molecule has 0 N–H and O–H groups in total. The molecule has 0 atom stereocenters. The molecule has 0 heterocycles. The van der Waals surface area contributed by atoms with Gasteiger partial charge in [0.1, 0.15) is 0 Å². The molecule has 0 aliphatic rings. The van der Waals surface area contributed by atoms with Crippen LogP contribution in [0, 0.1) is 23.7 Å². The van der Waals surface area contributed by atoms with Crippen LogP contribution in [0.25, 0.3) is 32.3 Å². The summed E-state index contributed by atoms with van der Waals surface area (Å²) in [6.07, 6.45) is 8.30.